The molecule has 1 aromatic carbocycles. The number of nitrogen functional groups attached to an aromatic ring is 1. The van der Waals surface area contributed by atoms with E-state index in [4.69, 9.17) is 17.3 Å². The Morgan fingerprint density at radius 2 is 1.88 bits per heavy atom. The average molecular weight is 248 g/mol. The molecule has 17 heavy (non-hydrogen) atoms. The summed E-state index contributed by atoms with van der Waals surface area (Å²) >= 11 is 5.85. The van der Waals surface area contributed by atoms with Crippen LogP contribution in [0.15, 0.2) is 30.3 Å². The van der Waals surface area contributed by atoms with E-state index in [0.717, 1.165) is 29.9 Å². The Morgan fingerprint density at radius 3 is 2.53 bits per heavy atom. The Morgan fingerprint density at radius 1 is 1.18 bits per heavy atom. The largest absolute Gasteiger partial charge is 0.384 e. The summed E-state index contributed by atoms with van der Waals surface area (Å²) < 4.78 is 0. The number of nitrogens with zero attached hydrogens (tertiary/aromatic N) is 2. The van der Waals surface area contributed by atoms with Gasteiger partial charge in [-0.3, -0.25) is 0 Å². The molecule has 1 heterocycles. The summed E-state index contributed by atoms with van der Waals surface area (Å²) in [5.74, 6) is 1.30. The molecule has 0 aliphatic carbocycles. The fourth-order valence-corrected chi connectivity index (χ4v) is 1.75. The van der Waals surface area contributed by atoms with Crippen molar-refractivity contribution >= 4 is 17.4 Å². The van der Waals surface area contributed by atoms with Crippen LogP contribution in [0.1, 0.15) is 19.2 Å². The Hall–Kier alpha value is -1.61. The number of halogens is 1. The van der Waals surface area contributed by atoms with Gasteiger partial charge in [0.2, 0.25) is 0 Å². The van der Waals surface area contributed by atoms with E-state index < -0.39 is 0 Å². The van der Waals surface area contributed by atoms with Crippen molar-refractivity contribution in [2.75, 3.05) is 5.73 Å². The van der Waals surface area contributed by atoms with E-state index in [1.165, 1.54) is 0 Å². The SMILES string of the molecule is CCCc1nc(N)cc(-c2ccc(Cl)cc2)n1. The highest BCUT2D eigenvalue weighted by atomic mass is 35.5. The second kappa shape index (κ2) is 5.15. The van der Waals surface area contributed by atoms with Crippen LogP contribution in [-0.4, -0.2) is 9.97 Å². The first-order chi connectivity index (χ1) is 8.19. The molecular formula is C13H14ClN3. The van der Waals surface area contributed by atoms with Crippen LogP contribution >= 0.6 is 11.6 Å². The average Bonchev–Trinajstić information content (AvgIpc) is 2.29. The summed E-state index contributed by atoms with van der Waals surface area (Å²) in [6.07, 6.45) is 1.84. The van der Waals surface area contributed by atoms with Crippen LogP contribution in [0, 0.1) is 0 Å². The molecule has 0 bridgehead atoms. The molecule has 1 aromatic heterocycles. The molecule has 0 aliphatic rings. The van der Waals surface area contributed by atoms with Gasteiger partial charge in [-0.15, -0.1) is 0 Å². The zero-order valence-corrected chi connectivity index (χ0v) is 10.4. The predicted molar refractivity (Wildman–Crippen MR) is 70.9 cm³/mol. The lowest BCUT2D eigenvalue weighted by atomic mass is 10.1. The minimum absolute atomic E-state index is 0.508. The van der Waals surface area contributed by atoms with Crippen LogP contribution < -0.4 is 5.73 Å². The maximum absolute atomic E-state index is 5.85. The van der Waals surface area contributed by atoms with Gasteiger partial charge in [-0.2, -0.15) is 0 Å². The standard InChI is InChI=1S/C13H14ClN3/c1-2-3-13-16-11(8-12(15)17-13)9-4-6-10(14)7-5-9/h4-8H,2-3H2,1H3,(H2,15,16,17). The number of hydrogen-bond acceptors (Lipinski definition) is 3. The van der Waals surface area contributed by atoms with Gasteiger partial charge in [0.15, 0.2) is 0 Å². The normalized spacial score (nSPS) is 10.5. The molecule has 2 N–H and O–H groups in total. The number of hydrogen-bond donors (Lipinski definition) is 1. The van der Waals surface area contributed by atoms with Crippen molar-refractivity contribution in [3.63, 3.8) is 0 Å². The van der Waals surface area contributed by atoms with Crippen LogP contribution in [0.2, 0.25) is 5.02 Å². The van der Waals surface area contributed by atoms with Gasteiger partial charge in [0, 0.05) is 23.1 Å². The molecule has 0 spiro atoms. The van der Waals surface area contributed by atoms with Crippen molar-refractivity contribution in [1.82, 2.24) is 9.97 Å². The third-order valence-electron chi connectivity index (χ3n) is 2.41. The Kier molecular flexibility index (Phi) is 3.59. The fraction of sp³-hybridized carbons (Fsp3) is 0.231. The number of nitrogens with two attached hydrogens (primary N) is 1. The van der Waals surface area contributed by atoms with E-state index in [1.807, 2.05) is 24.3 Å². The smallest absolute Gasteiger partial charge is 0.131 e. The van der Waals surface area contributed by atoms with Gasteiger partial charge in [0.25, 0.3) is 0 Å². The number of anilines is 1. The summed E-state index contributed by atoms with van der Waals surface area (Å²) in [6.45, 7) is 2.09. The van der Waals surface area contributed by atoms with Gasteiger partial charge in [-0.05, 0) is 18.6 Å². The lowest BCUT2D eigenvalue weighted by molar-refractivity contribution is 0.839. The summed E-state index contributed by atoms with van der Waals surface area (Å²) in [5, 5.41) is 0.713. The third kappa shape index (κ3) is 2.94. The Labute approximate surface area is 106 Å². The monoisotopic (exact) mass is 247 g/mol. The molecule has 2 aromatic rings. The third-order valence-corrected chi connectivity index (χ3v) is 2.66. The highest BCUT2D eigenvalue weighted by Crippen LogP contribution is 2.21. The quantitative estimate of drug-likeness (QED) is 0.905. The Balaban J connectivity index is 2.40. The molecule has 0 aliphatic heterocycles. The molecular weight excluding hydrogens is 234 g/mol. The van der Waals surface area contributed by atoms with Crippen LogP contribution in [0.4, 0.5) is 5.82 Å². The van der Waals surface area contributed by atoms with Gasteiger partial charge in [0.1, 0.15) is 11.6 Å². The Bertz CT molecular complexity index is 509. The molecule has 0 unspecified atom stereocenters. The fourth-order valence-electron chi connectivity index (χ4n) is 1.62. The van der Waals surface area contributed by atoms with Crippen molar-refractivity contribution in [3.8, 4) is 11.3 Å². The number of benzene rings is 1. The zero-order chi connectivity index (χ0) is 12.3. The molecule has 0 saturated carbocycles. The van der Waals surface area contributed by atoms with Crippen molar-refractivity contribution in [2.24, 2.45) is 0 Å². The lowest BCUT2D eigenvalue weighted by Crippen LogP contribution is -2.00. The summed E-state index contributed by atoms with van der Waals surface area (Å²) in [7, 11) is 0. The lowest BCUT2D eigenvalue weighted by Gasteiger charge is -2.05. The van der Waals surface area contributed by atoms with Crippen molar-refractivity contribution in [1.29, 1.82) is 0 Å². The van der Waals surface area contributed by atoms with E-state index in [1.54, 1.807) is 6.07 Å². The first-order valence-corrected chi connectivity index (χ1v) is 5.96. The van der Waals surface area contributed by atoms with Gasteiger partial charge in [-0.25, -0.2) is 9.97 Å². The van der Waals surface area contributed by atoms with Gasteiger partial charge < -0.3 is 5.73 Å². The highest BCUT2D eigenvalue weighted by Gasteiger charge is 2.04. The second-order valence-corrected chi connectivity index (χ2v) is 4.29. The van der Waals surface area contributed by atoms with Crippen molar-refractivity contribution in [3.05, 3.63) is 41.2 Å². The van der Waals surface area contributed by atoms with E-state index in [0.29, 0.717) is 10.8 Å². The minimum atomic E-state index is 0.508. The maximum Gasteiger partial charge on any atom is 0.131 e. The predicted octanol–water partition coefficient (Wildman–Crippen LogP) is 3.33. The molecule has 0 radical (unpaired) electrons. The molecule has 0 saturated heterocycles. The summed E-state index contributed by atoms with van der Waals surface area (Å²) in [6, 6.07) is 9.32. The topological polar surface area (TPSA) is 51.8 Å². The molecule has 0 atom stereocenters. The van der Waals surface area contributed by atoms with Crippen LogP contribution in [0.5, 0.6) is 0 Å². The van der Waals surface area contributed by atoms with Crippen LogP contribution in [0.3, 0.4) is 0 Å². The molecule has 2 rings (SSSR count). The first kappa shape index (κ1) is 11.9. The van der Waals surface area contributed by atoms with Crippen LogP contribution in [0.25, 0.3) is 11.3 Å². The van der Waals surface area contributed by atoms with E-state index in [9.17, 15) is 0 Å². The molecule has 0 fully saturated rings. The number of aryl methyl sites for hydroxylation is 1. The molecule has 88 valence electrons. The summed E-state index contributed by atoms with van der Waals surface area (Å²) in [4.78, 5) is 8.70. The minimum Gasteiger partial charge on any atom is -0.384 e. The zero-order valence-electron chi connectivity index (χ0n) is 9.65. The maximum atomic E-state index is 5.85. The van der Waals surface area contributed by atoms with Crippen molar-refractivity contribution in [2.45, 2.75) is 19.8 Å². The van der Waals surface area contributed by atoms with E-state index >= 15 is 0 Å². The van der Waals surface area contributed by atoms with Gasteiger partial charge >= 0.3 is 0 Å². The van der Waals surface area contributed by atoms with E-state index in [2.05, 4.69) is 16.9 Å². The molecule has 0 amide bonds. The number of aromatic nitrogens is 2. The van der Waals surface area contributed by atoms with Crippen LogP contribution in [-0.2, 0) is 6.42 Å². The second-order valence-electron chi connectivity index (χ2n) is 3.85. The first-order valence-electron chi connectivity index (χ1n) is 5.58. The highest BCUT2D eigenvalue weighted by molar-refractivity contribution is 6.30. The molecule has 3 nitrogen and oxygen atoms in total. The van der Waals surface area contributed by atoms with E-state index in [-0.39, 0.29) is 0 Å². The molecule has 4 heteroatoms. The summed E-state index contributed by atoms with van der Waals surface area (Å²) in [5.41, 5.74) is 7.63. The van der Waals surface area contributed by atoms with Gasteiger partial charge in [0.05, 0.1) is 5.69 Å². The van der Waals surface area contributed by atoms with Gasteiger partial charge in [-0.1, -0.05) is 30.7 Å². The van der Waals surface area contributed by atoms with Crippen molar-refractivity contribution < 1.29 is 0 Å². The number of rotatable bonds is 3.